The summed E-state index contributed by atoms with van der Waals surface area (Å²) in [7, 11) is 0. The van der Waals surface area contributed by atoms with Crippen LogP contribution in [0.15, 0.2) is 29.1 Å². The second-order valence-electron chi connectivity index (χ2n) is 3.21. The van der Waals surface area contributed by atoms with E-state index in [1.165, 1.54) is 28.9 Å². The number of aromatic amines is 1. The Kier molecular flexibility index (Phi) is 2.36. The van der Waals surface area contributed by atoms with Crippen molar-refractivity contribution in [1.82, 2.24) is 9.78 Å². The summed E-state index contributed by atoms with van der Waals surface area (Å²) >= 11 is 5.62. The predicted octanol–water partition coefficient (Wildman–Crippen LogP) is 2.27. The van der Waals surface area contributed by atoms with Gasteiger partial charge >= 0.3 is 0 Å². The van der Waals surface area contributed by atoms with Gasteiger partial charge in [0.1, 0.15) is 5.82 Å². The smallest absolute Gasteiger partial charge is 0.271 e. The molecule has 5 heteroatoms. The third kappa shape index (κ3) is 1.80. The predicted molar refractivity (Wildman–Crippen MR) is 56.1 cm³/mol. The van der Waals surface area contributed by atoms with Gasteiger partial charge in [0.2, 0.25) is 0 Å². The average molecular weight is 227 g/mol. The molecule has 3 nitrogen and oxygen atoms in total. The van der Waals surface area contributed by atoms with Crippen LogP contribution in [-0.2, 0) is 0 Å². The molecule has 0 bridgehead atoms. The number of hydrogen-bond donors (Lipinski definition) is 1. The Balaban J connectivity index is 2.59. The average Bonchev–Trinajstić information content (AvgIpc) is 2.50. The quantitative estimate of drug-likeness (QED) is 0.796. The molecule has 0 unspecified atom stereocenters. The molecule has 0 atom stereocenters. The number of nitrogens with one attached hydrogen (secondary N) is 1. The highest BCUT2D eigenvalue weighted by Gasteiger charge is 2.05. The van der Waals surface area contributed by atoms with Crippen LogP contribution < -0.4 is 5.56 Å². The maximum Gasteiger partial charge on any atom is 0.271 e. The summed E-state index contributed by atoms with van der Waals surface area (Å²) in [5, 5.41) is 2.82. The minimum absolute atomic E-state index is 0.00773. The molecule has 2 rings (SSSR count). The minimum Gasteiger partial charge on any atom is -0.295 e. The minimum atomic E-state index is -0.503. The zero-order chi connectivity index (χ0) is 11.0. The molecule has 1 aromatic heterocycles. The molecule has 0 aliphatic rings. The number of benzene rings is 1. The van der Waals surface area contributed by atoms with E-state index in [2.05, 4.69) is 5.10 Å². The number of H-pyrrole nitrogens is 1. The Morgan fingerprint density at radius 1 is 1.40 bits per heavy atom. The van der Waals surface area contributed by atoms with E-state index < -0.39 is 5.82 Å². The highest BCUT2D eigenvalue weighted by molar-refractivity contribution is 6.30. The fourth-order valence-electron chi connectivity index (χ4n) is 1.33. The van der Waals surface area contributed by atoms with Gasteiger partial charge in [-0.05, 0) is 25.1 Å². The lowest BCUT2D eigenvalue weighted by molar-refractivity contribution is 0.627. The molecule has 0 spiro atoms. The number of aryl methyl sites for hydroxylation is 1. The Hall–Kier alpha value is -1.55. The van der Waals surface area contributed by atoms with Crippen molar-refractivity contribution in [2.24, 2.45) is 0 Å². The Morgan fingerprint density at radius 2 is 2.13 bits per heavy atom. The van der Waals surface area contributed by atoms with Crippen molar-refractivity contribution in [2.45, 2.75) is 6.92 Å². The summed E-state index contributed by atoms with van der Waals surface area (Å²) in [6, 6.07) is 5.56. The van der Waals surface area contributed by atoms with E-state index in [0.29, 0.717) is 5.69 Å². The van der Waals surface area contributed by atoms with Gasteiger partial charge in [0.25, 0.3) is 5.56 Å². The molecule has 0 radical (unpaired) electrons. The molecular formula is C10H8ClFN2O. The molecule has 15 heavy (non-hydrogen) atoms. The van der Waals surface area contributed by atoms with Crippen LogP contribution in [0, 0.1) is 12.7 Å². The van der Waals surface area contributed by atoms with Gasteiger partial charge in [-0.3, -0.25) is 9.89 Å². The van der Waals surface area contributed by atoms with Crippen molar-refractivity contribution >= 4 is 11.6 Å². The zero-order valence-corrected chi connectivity index (χ0v) is 8.68. The molecule has 0 saturated heterocycles. The number of nitrogens with zero attached hydrogens (tertiary/aromatic N) is 1. The van der Waals surface area contributed by atoms with Gasteiger partial charge in [0, 0.05) is 11.8 Å². The lowest BCUT2D eigenvalue weighted by Crippen LogP contribution is -2.13. The van der Waals surface area contributed by atoms with Crippen LogP contribution in [0.2, 0.25) is 5.02 Å². The maximum absolute atomic E-state index is 12.9. The summed E-state index contributed by atoms with van der Waals surface area (Å²) < 4.78 is 14.2. The van der Waals surface area contributed by atoms with E-state index in [-0.39, 0.29) is 10.6 Å². The lowest BCUT2D eigenvalue weighted by Gasteiger charge is -2.02. The van der Waals surface area contributed by atoms with Crippen LogP contribution in [0.1, 0.15) is 5.69 Å². The molecule has 2 aromatic rings. The van der Waals surface area contributed by atoms with Gasteiger partial charge in [-0.2, -0.15) is 0 Å². The summed E-state index contributed by atoms with van der Waals surface area (Å²) in [5.74, 6) is -0.503. The van der Waals surface area contributed by atoms with E-state index in [0.717, 1.165) is 5.69 Å². The van der Waals surface area contributed by atoms with Gasteiger partial charge in [0.15, 0.2) is 0 Å². The van der Waals surface area contributed by atoms with E-state index in [1.807, 2.05) is 0 Å². The monoisotopic (exact) mass is 226 g/mol. The summed E-state index contributed by atoms with van der Waals surface area (Å²) in [6.07, 6.45) is 0. The number of halogens is 2. The first-order valence-corrected chi connectivity index (χ1v) is 4.70. The SMILES string of the molecule is Cc1cc(=O)n(-c2ccc(F)c(Cl)c2)[nH]1. The lowest BCUT2D eigenvalue weighted by atomic mass is 10.3. The highest BCUT2D eigenvalue weighted by Crippen LogP contribution is 2.17. The molecule has 1 aromatic carbocycles. The zero-order valence-electron chi connectivity index (χ0n) is 7.92. The molecule has 1 heterocycles. The summed E-state index contributed by atoms with van der Waals surface area (Å²) in [6.45, 7) is 1.77. The Morgan fingerprint density at radius 3 is 2.67 bits per heavy atom. The number of hydrogen-bond acceptors (Lipinski definition) is 1. The van der Waals surface area contributed by atoms with Crippen LogP contribution in [0.5, 0.6) is 0 Å². The summed E-state index contributed by atoms with van der Waals surface area (Å²) in [5.41, 5.74) is 1.05. The second-order valence-corrected chi connectivity index (χ2v) is 3.62. The van der Waals surface area contributed by atoms with E-state index >= 15 is 0 Å². The first-order valence-electron chi connectivity index (χ1n) is 4.32. The van der Waals surface area contributed by atoms with E-state index in [4.69, 9.17) is 11.6 Å². The van der Waals surface area contributed by atoms with Gasteiger partial charge in [0.05, 0.1) is 10.7 Å². The standard InChI is InChI=1S/C10H8ClFN2O/c1-6-4-10(15)14(13-6)7-2-3-9(12)8(11)5-7/h2-5,13H,1H3. The molecule has 0 aliphatic carbocycles. The molecule has 0 saturated carbocycles. The normalized spacial score (nSPS) is 10.6. The van der Waals surface area contributed by atoms with Gasteiger partial charge in [-0.1, -0.05) is 11.6 Å². The topological polar surface area (TPSA) is 37.8 Å². The van der Waals surface area contributed by atoms with Gasteiger partial charge in [-0.15, -0.1) is 0 Å². The van der Waals surface area contributed by atoms with E-state index in [9.17, 15) is 9.18 Å². The Bertz CT molecular complexity index is 559. The fourth-order valence-corrected chi connectivity index (χ4v) is 1.50. The van der Waals surface area contributed by atoms with Crippen molar-refractivity contribution in [3.05, 3.63) is 51.2 Å². The third-order valence-electron chi connectivity index (χ3n) is 2.01. The van der Waals surface area contributed by atoms with Crippen LogP contribution >= 0.6 is 11.6 Å². The van der Waals surface area contributed by atoms with Crippen LogP contribution in [0.25, 0.3) is 5.69 Å². The van der Waals surface area contributed by atoms with Crippen LogP contribution in [0.4, 0.5) is 4.39 Å². The third-order valence-corrected chi connectivity index (χ3v) is 2.30. The molecular weight excluding hydrogens is 219 g/mol. The molecule has 0 amide bonds. The molecule has 0 aliphatic heterocycles. The van der Waals surface area contributed by atoms with Crippen LogP contribution in [0.3, 0.4) is 0 Å². The molecule has 1 N–H and O–H groups in total. The largest absolute Gasteiger partial charge is 0.295 e. The molecule has 0 fully saturated rings. The highest BCUT2D eigenvalue weighted by atomic mass is 35.5. The number of rotatable bonds is 1. The van der Waals surface area contributed by atoms with Crippen molar-refractivity contribution in [3.8, 4) is 5.69 Å². The van der Waals surface area contributed by atoms with Gasteiger partial charge < -0.3 is 0 Å². The fraction of sp³-hybridized carbons (Fsp3) is 0.100. The number of aromatic nitrogens is 2. The first-order chi connectivity index (χ1) is 7.08. The van der Waals surface area contributed by atoms with Crippen molar-refractivity contribution < 1.29 is 4.39 Å². The van der Waals surface area contributed by atoms with Crippen molar-refractivity contribution in [2.75, 3.05) is 0 Å². The van der Waals surface area contributed by atoms with Crippen molar-refractivity contribution in [3.63, 3.8) is 0 Å². The maximum atomic E-state index is 12.9. The first kappa shape index (κ1) is 9.98. The Labute approximate surface area is 90.1 Å². The van der Waals surface area contributed by atoms with E-state index in [1.54, 1.807) is 6.92 Å². The van der Waals surface area contributed by atoms with Crippen LogP contribution in [-0.4, -0.2) is 9.78 Å². The van der Waals surface area contributed by atoms with Gasteiger partial charge in [-0.25, -0.2) is 9.07 Å². The second kappa shape index (κ2) is 3.55. The van der Waals surface area contributed by atoms with Crippen molar-refractivity contribution in [1.29, 1.82) is 0 Å². The summed E-state index contributed by atoms with van der Waals surface area (Å²) in [4.78, 5) is 11.4. The molecule has 78 valence electrons.